The third kappa shape index (κ3) is 2.77. The molecule has 2 aromatic carbocycles. The number of hydrogen-bond acceptors (Lipinski definition) is 3. The van der Waals surface area contributed by atoms with Gasteiger partial charge in [0.25, 0.3) is 0 Å². The van der Waals surface area contributed by atoms with Crippen LogP contribution in [0, 0.1) is 0 Å². The number of benzene rings is 2. The normalized spacial score (nSPS) is 12.2. The third-order valence-corrected chi connectivity index (χ3v) is 3.41. The molecule has 3 heteroatoms. The van der Waals surface area contributed by atoms with E-state index in [-0.39, 0.29) is 0 Å². The summed E-state index contributed by atoms with van der Waals surface area (Å²) < 4.78 is 0. The van der Waals surface area contributed by atoms with Gasteiger partial charge in [-0.15, -0.1) is 0 Å². The van der Waals surface area contributed by atoms with Crippen LogP contribution in [0.4, 0.5) is 5.82 Å². The highest BCUT2D eigenvalue weighted by Crippen LogP contribution is 2.16. The zero-order valence-corrected chi connectivity index (χ0v) is 11.5. The summed E-state index contributed by atoms with van der Waals surface area (Å²) in [4.78, 5) is 8.97. The number of anilines is 1. The first-order chi connectivity index (χ1) is 9.83. The van der Waals surface area contributed by atoms with E-state index in [2.05, 4.69) is 46.5 Å². The largest absolute Gasteiger partial charge is 0.368 e. The van der Waals surface area contributed by atoms with Crippen molar-refractivity contribution in [1.82, 2.24) is 9.97 Å². The van der Waals surface area contributed by atoms with Gasteiger partial charge in [-0.2, -0.15) is 0 Å². The van der Waals surface area contributed by atoms with Gasteiger partial charge in [-0.25, -0.2) is 4.98 Å². The zero-order valence-electron chi connectivity index (χ0n) is 11.5. The predicted octanol–water partition coefficient (Wildman–Crippen LogP) is 3.85. The number of nitrogens with one attached hydrogen (secondary N) is 1. The lowest BCUT2D eigenvalue weighted by molar-refractivity contribution is 0.801. The molecule has 3 nitrogen and oxygen atoms in total. The van der Waals surface area contributed by atoms with Crippen molar-refractivity contribution in [2.45, 2.75) is 12.8 Å². The van der Waals surface area contributed by atoms with Crippen molar-refractivity contribution >= 4 is 16.9 Å². The summed E-state index contributed by atoms with van der Waals surface area (Å²) in [6, 6.07) is 18.4. The summed E-state index contributed by atoms with van der Waals surface area (Å²) in [7, 11) is 0. The van der Waals surface area contributed by atoms with Crippen molar-refractivity contribution in [2.75, 3.05) is 11.9 Å². The number of rotatable bonds is 4. The predicted molar refractivity (Wildman–Crippen MR) is 82.9 cm³/mol. The monoisotopic (exact) mass is 263 g/mol. The Labute approximate surface area is 118 Å². The second-order valence-electron chi connectivity index (χ2n) is 4.94. The fraction of sp³-hybridized carbons (Fsp3) is 0.176. The molecule has 1 aromatic heterocycles. The van der Waals surface area contributed by atoms with Gasteiger partial charge in [-0.3, -0.25) is 4.98 Å². The lowest BCUT2D eigenvalue weighted by atomic mass is 10.0. The average Bonchev–Trinajstić information content (AvgIpc) is 2.53. The van der Waals surface area contributed by atoms with Crippen molar-refractivity contribution < 1.29 is 0 Å². The molecular formula is C17H17N3. The van der Waals surface area contributed by atoms with Gasteiger partial charge in [0, 0.05) is 6.54 Å². The second-order valence-corrected chi connectivity index (χ2v) is 4.94. The van der Waals surface area contributed by atoms with E-state index in [4.69, 9.17) is 0 Å². The molecule has 0 saturated carbocycles. The molecule has 1 unspecified atom stereocenters. The van der Waals surface area contributed by atoms with Gasteiger partial charge < -0.3 is 5.32 Å². The van der Waals surface area contributed by atoms with Crippen molar-refractivity contribution in [2.24, 2.45) is 0 Å². The van der Waals surface area contributed by atoms with Crippen LogP contribution < -0.4 is 5.32 Å². The number of nitrogens with zero attached hydrogens (tertiary/aromatic N) is 2. The maximum Gasteiger partial charge on any atom is 0.145 e. The standard InChI is InChI=1S/C17H17N3/c1-13(14-7-3-2-4-8-14)11-19-17-12-18-15-9-5-6-10-16(15)20-17/h2-10,12-13H,11H2,1H3,(H,19,20). The topological polar surface area (TPSA) is 37.8 Å². The molecule has 0 amide bonds. The van der Waals surface area contributed by atoms with E-state index in [1.807, 2.05) is 30.3 Å². The lowest BCUT2D eigenvalue weighted by Crippen LogP contribution is -2.11. The van der Waals surface area contributed by atoms with E-state index in [1.165, 1.54) is 5.56 Å². The van der Waals surface area contributed by atoms with Gasteiger partial charge in [0.05, 0.1) is 17.2 Å². The maximum atomic E-state index is 4.57. The molecule has 20 heavy (non-hydrogen) atoms. The number of aromatic nitrogens is 2. The van der Waals surface area contributed by atoms with Crippen LogP contribution in [-0.2, 0) is 0 Å². The molecule has 3 rings (SSSR count). The van der Waals surface area contributed by atoms with Crippen LogP contribution in [0.5, 0.6) is 0 Å². The molecule has 0 spiro atoms. The van der Waals surface area contributed by atoms with E-state index in [9.17, 15) is 0 Å². The molecule has 3 aromatic rings. The highest BCUT2D eigenvalue weighted by Gasteiger charge is 2.05. The molecule has 1 N–H and O–H groups in total. The Hall–Kier alpha value is -2.42. The summed E-state index contributed by atoms with van der Waals surface area (Å²) in [6.45, 7) is 3.05. The smallest absolute Gasteiger partial charge is 0.145 e. The van der Waals surface area contributed by atoms with Crippen molar-refractivity contribution in [3.63, 3.8) is 0 Å². The third-order valence-electron chi connectivity index (χ3n) is 3.41. The second kappa shape index (κ2) is 5.70. The van der Waals surface area contributed by atoms with E-state index in [0.717, 1.165) is 23.4 Å². The van der Waals surface area contributed by atoms with Crippen LogP contribution >= 0.6 is 0 Å². The van der Waals surface area contributed by atoms with E-state index in [0.29, 0.717) is 5.92 Å². The number of para-hydroxylation sites is 2. The van der Waals surface area contributed by atoms with Crippen LogP contribution in [0.3, 0.4) is 0 Å². The Morgan fingerprint density at radius 1 is 0.950 bits per heavy atom. The van der Waals surface area contributed by atoms with Crippen LogP contribution in [0.15, 0.2) is 60.8 Å². The van der Waals surface area contributed by atoms with Gasteiger partial charge in [0.2, 0.25) is 0 Å². The number of hydrogen-bond donors (Lipinski definition) is 1. The van der Waals surface area contributed by atoms with Gasteiger partial charge in [0.1, 0.15) is 5.82 Å². The molecule has 0 aliphatic rings. The molecule has 0 aliphatic heterocycles. The average molecular weight is 263 g/mol. The highest BCUT2D eigenvalue weighted by atomic mass is 15.0. The van der Waals surface area contributed by atoms with Crippen molar-refractivity contribution in [3.8, 4) is 0 Å². The molecule has 100 valence electrons. The Morgan fingerprint density at radius 3 is 2.45 bits per heavy atom. The molecule has 1 heterocycles. The molecule has 0 fully saturated rings. The van der Waals surface area contributed by atoms with Crippen LogP contribution in [0.25, 0.3) is 11.0 Å². The van der Waals surface area contributed by atoms with E-state index in [1.54, 1.807) is 6.20 Å². The minimum Gasteiger partial charge on any atom is -0.368 e. The fourth-order valence-electron chi connectivity index (χ4n) is 2.20. The van der Waals surface area contributed by atoms with Gasteiger partial charge in [0.15, 0.2) is 0 Å². The lowest BCUT2D eigenvalue weighted by Gasteiger charge is -2.13. The minimum absolute atomic E-state index is 0.435. The molecule has 0 radical (unpaired) electrons. The zero-order chi connectivity index (χ0) is 13.8. The minimum atomic E-state index is 0.435. The molecular weight excluding hydrogens is 246 g/mol. The first-order valence-electron chi connectivity index (χ1n) is 6.83. The van der Waals surface area contributed by atoms with Crippen LogP contribution in [-0.4, -0.2) is 16.5 Å². The fourth-order valence-corrected chi connectivity index (χ4v) is 2.20. The summed E-state index contributed by atoms with van der Waals surface area (Å²) >= 11 is 0. The Balaban J connectivity index is 1.70. The van der Waals surface area contributed by atoms with E-state index < -0.39 is 0 Å². The summed E-state index contributed by atoms with van der Waals surface area (Å²) in [6.07, 6.45) is 1.79. The maximum absolute atomic E-state index is 4.57. The number of fused-ring (bicyclic) bond motifs is 1. The first kappa shape index (κ1) is 12.6. The Morgan fingerprint density at radius 2 is 1.65 bits per heavy atom. The summed E-state index contributed by atoms with van der Waals surface area (Å²) in [5.74, 6) is 1.26. The first-order valence-corrected chi connectivity index (χ1v) is 6.83. The van der Waals surface area contributed by atoms with E-state index >= 15 is 0 Å². The van der Waals surface area contributed by atoms with Crippen LogP contribution in [0.2, 0.25) is 0 Å². The Kier molecular flexibility index (Phi) is 3.59. The summed E-state index contributed by atoms with van der Waals surface area (Å²) in [5.41, 5.74) is 3.17. The SMILES string of the molecule is CC(CNc1cnc2ccccc2n1)c1ccccc1. The van der Waals surface area contributed by atoms with Gasteiger partial charge >= 0.3 is 0 Å². The highest BCUT2D eigenvalue weighted by molar-refractivity contribution is 5.75. The molecule has 0 aliphatic carbocycles. The molecule has 1 atom stereocenters. The summed E-state index contributed by atoms with van der Waals surface area (Å²) in [5, 5.41) is 3.36. The quantitative estimate of drug-likeness (QED) is 0.777. The van der Waals surface area contributed by atoms with Crippen molar-refractivity contribution in [1.29, 1.82) is 0 Å². The van der Waals surface area contributed by atoms with Gasteiger partial charge in [-0.05, 0) is 23.6 Å². The molecule has 0 bridgehead atoms. The van der Waals surface area contributed by atoms with Gasteiger partial charge in [-0.1, -0.05) is 49.4 Å². The van der Waals surface area contributed by atoms with Crippen molar-refractivity contribution in [3.05, 3.63) is 66.4 Å². The van der Waals surface area contributed by atoms with Crippen LogP contribution in [0.1, 0.15) is 18.4 Å². The molecule has 0 saturated heterocycles. The Bertz CT molecular complexity index is 695.